The van der Waals surface area contributed by atoms with Crippen LogP contribution in [0.1, 0.15) is 55.6 Å². The largest absolute Gasteiger partial charge is 0.368 e. The van der Waals surface area contributed by atoms with Gasteiger partial charge in [0.15, 0.2) is 0 Å². The molecule has 1 aliphatic rings. The first-order valence-electron chi connectivity index (χ1n) is 7.15. The molecule has 1 aliphatic carbocycles. The fourth-order valence-corrected chi connectivity index (χ4v) is 3.95. The Labute approximate surface area is 115 Å². The van der Waals surface area contributed by atoms with Crippen LogP contribution in [0.5, 0.6) is 0 Å². The predicted molar refractivity (Wildman–Crippen MR) is 78.0 cm³/mol. The van der Waals surface area contributed by atoms with Crippen molar-refractivity contribution in [1.29, 1.82) is 0 Å². The minimum atomic E-state index is 0.0992. The molecular formula is C15H25NOS. The molecule has 0 aromatic carbocycles. The van der Waals surface area contributed by atoms with Crippen molar-refractivity contribution in [2.75, 3.05) is 6.54 Å². The first-order valence-corrected chi connectivity index (χ1v) is 8.03. The Morgan fingerprint density at radius 3 is 2.83 bits per heavy atom. The van der Waals surface area contributed by atoms with Crippen LogP contribution in [-0.4, -0.2) is 12.6 Å². The summed E-state index contributed by atoms with van der Waals surface area (Å²) in [6.45, 7) is 5.02. The highest BCUT2D eigenvalue weighted by Crippen LogP contribution is 2.34. The second-order valence-electron chi connectivity index (χ2n) is 5.32. The molecular weight excluding hydrogens is 242 g/mol. The number of rotatable bonds is 5. The minimum Gasteiger partial charge on any atom is -0.368 e. The lowest BCUT2D eigenvalue weighted by molar-refractivity contribution is -0.0574. The molecule has 1 heterocycles. The van der Waals surface area contributed by atoms with E-state index in [0.717, 1.165) is 5.92 Å². The number of thiophene rings is 1. The van der Waals surface area contributed by atoms with Gasteiger partial charge in [0.1, 0.15) is 6.10 Å². The van der Waals surface area contributed by atoms with E-state index in [1.807, 2.05) is 0 Å². The van der Waals surface area contributed by atoms with Crippen molar-refractivity contribution in [2.45, 2.75) is 58.2 Å². The highest BCUT2D eigenvalue weighted by Gasteiger charge is 2.28. The Bertz CT molecular complexity index is 363. The third-order valence-corrected chi connectivity index (χ3v) is 5.22. The summed E-state index contributed by atoms with van der Waals surface area (Å²) >= 11 is 1.77. The topological polar surface area (TPSA) is 35.2 Å². The summed E-state index contributed by atoms with van der Waals surface area (Å²) in [6, 6.07) is 2.16. The van der Waals surface area contributed by atoms with Gasteiger partial charge in [-0.2, -0.15) is 0 Å². The number of hydrogen-bond donors (Lipinski definition) is 1. The fraction of sp³-hybridized carbons (Fsp3) is 0.733. The Hall–Kier alpha value is -0.380. The quantitative estimate of drug-likeness (QED) is 0.873. The average molecular weight is 267 g/mol. The van der Waals surface area contributed by atoms with Gasteiger partial charge in [0.05, 0.1) is 6.10 Å². The fourth-order valence-electron chi connectivity index (χ4n) is 2.97. The summed E-state index contributed by atoms with van der Waals surface area (Å²) in [5, 5.41) is 2.13. The molecule has 1 fully saturated rings. The Kier molecular flexibility index (Phi) is 5.22. The van der Waals surface area contributed by atoms with Gasteiger partial charge in [-0.3, -0.25) is 0 Å². The van der Waals surface area contributed by atoms with Crippen molar-refractivity contribution in [3.8, 4) is 0 Å². The van der Waals surface area contributed by atoms with E-state index in [2.05, 4.69) is 25.3 Å². The van der Waals surface area contributed by atoms with Gasteiger partial charge < -0.3 is 10.5 Å². The van der Waals surface area contributed by atoms with Crippen molar-refractivity contribution < 1.29 is 4.74 Å². The summed E-state index contributed by atoms with van der Waals surface area (Å²) < 4.78 is 6.35. The van der Waals surface area contributed by atoms with Gasteiger partial charge in [0, 0.05) is 11.4 Å². The number of ether oxygens (including phenoxy) is 1. The average Bonchev–Trinajstić information content (AvgIpc) is 2.82. The molecule has 3 atom stereocenters. The molecule has 2 rings (SSSR count). The molecule has 0 bridgehead atoms. The van der Waals surface area contributed by atoms with Crippen LogP contribution in [0.2, 0.25) is 0 Å². The van der Waals surface area contributed by atoms with E-state index < -0.39 is 0 Å². The Morgan fingerprint density at radius 1 is 1.44 bits per heavy atom. The normalized spacial score (nSPS) is 26.2. The number of nitrogens with two attached hydrogens (primary N) is 1. The maximum atomic E-state index is 6.35. The maximum absolute atomic E-state index is 6.35. The molecule has 102 valence electrons. The SMILES string of the molecule is CCC1CCCCC1OC(CN)c1sccc1C. The first-order chi connectivity index (χ1) is 8.76. The van der Waals surface area contributed by atoms with Gasteiger partial charge >= 0.3 is 0 Å². The van der Waals surface area contributed by atoms with Gasteiger partial charge in [-0.15, -0.1) is 11.3 Å². The molecule has 2 N–H and O–H groups in total. The van der Waals surface area contributed by atoms with Crippen molar-refractivity contribution in [2.24, 2.45) is 11.7 Å². The molecule has 3 heteroatoms. The number of hydrogen-bond acceptors (Lipinski definition) is 3. The highest BCUT2D eigenvalue weighted by atomic mass is 32.1. The lowest BCUT2D eigenvalue weighted by Crippen LogP contribution is -2.31. The lowest BCUT2D eigenvalue weighted by atomic mass is 9.84. The third-order valence-electron chi connectivity index (χ3n) is 4.11. The Balaban J connectivity index is 2.03. The van der Waals surface area contributed by atoms with Crippen LogP contribution in [0, 0.1) is 12.8 Å². The zero-order chi connectivity index (χ0) is 13.0. The van der Waals surface area contributed by atoms with Crippen LogP contribution in [0.15, 0.2) is 11.4 Å². The van der Waals surface area contributed by atoms with Crippen molar-refractivity contribution >= 4 is 11.3 Å². The summed E-state index contributed by atoms with van der Waals surface area (Å²) in [6.07, 6.45) is 6.94. The molecule has 0 spiro atoms. The van der Waals surface area contributed by atoms with Gasteiger partial charge in [-0.1, -0.05) is 26.2 Å². The predicted octanol–water partition coefficient (Wildman–Crippen LogP) is 4.04. The van der Waals surface area contributed by atoms with Crippen molar-refractivity contribution in [1.82, 2.24) is 0 Å². The smallest absolute Gasteiger partial charge is 0.104 e. The lowest BCUT2D eigenvalue weighted by Gasteiger charge is -2.33. The van der Waals surface area contributed by atoms with E-state index in [0.29, 0.717) is 12.6 Å². The molecule has 0 aliphatic heterocycles. The van der Waals surface area contributed by atoms with E-state index in [1.54, 1.807) is 11.3 Å². The summed E-state index contributed by atoms with van der Waals surface area (Å²) in [5.74, 6) is 0.730. The summed E-state index contributed by atoms with van der Waals surface area (Å²) in [5.41, 5.74) is 7.24. The number of aryl methyl sites for hydroxylation is 1. The monoisotopic (exact) mass is 267 g/mol. The van der Waals surface area contributed by atoms with E-state index in [1.165, 1.54) is 42.5 Å². The molecule has 1 aromatic rings. The van der Waals surface area contributed by atoms with Gasteiger partial charge in [0.25, 0.3) is 0 Å². The van der Waals surface area contributed by atoms with Crippen LogP contribution < -0.4 is 5.73 Å². The second-order valence-corrected chi connectivity index (χ2v) is 6.27. The molecule has 3 unspecified atom stereocenters. The van der Waals surface area contributed by atoms with Gasteiger partial charge in [0.2, 0.25) is 0 Å². The molecule has 0 radical (unpaired) electrons. The van der Waals surface area contributed by atoms with E-state index in [4.69, 9.17) is 10.5 Å². The van der Waals surface area contributed by atoms with Crippen LogP contribution >= 0.6 is 11.3 Å². The second kappa shape index (κ2) is 6.69. The van der Waals surface area contributed by atoms with Crippen LogP contribution in [0.25, 0.3) is 0 Å². The molecule has 1 saturated carbocycles. The zero-order valence-electron chi connectivity index (χ0n) is 11.5. The first kappa shape index (κ1) is 14.0. The van der Waals surface area contributed by atoms with E-state index >= 15 is 0 Å². The molecule has 2 nitrogen and oxygen atoms in total. The standard InChI is InChI=1S/C15H25NOS/c1-3-12-6-4-5-7-13(12)17-14(10-16)15-11(2)8-9-18-15/h8-9,12-14H,3-7,10,16H2,1-2H3. The van der Waals surface area contributed by atoms with Crippen molar-refractivity contribution in [3.63, 3.8) is 0 Å². The summed E-state index contributed by atoms with van der Waals surface area (Å²) in [7, 11) is 0. The van der Waals surface area contributed by atoms with Crippen LogP contribution in [-0.2, 0) is 4.74 Å². The third kappa shape index (κ3) is 3.14. The zero-order valence-corrected chi connectivity index (χ0v) is 12.3. The Morgan fingerprint density at radius 2 is 2.22 bits per heavy atom. The van der Waals surface area contributed by atoms with E-state index in [9.17, 15) is 0 Å². The maximum Gasteiger partial charge on any atom is 0.104 e. The molecule has 0 amide bonds. The molecule has 0 saturated heterocycles. The molecule has 1 aromatic heterocycles. The summed E-state index contributed by atoms with van der Waals surface area (Å²) in [4.78, 5) is 1.32. The van der Waals surface area contributed by atoms with Crippen LogP contribution in [0.4, 0.5) is 0 Å². The minimum absolute atomic E-state index is 0.0992. The molecule has 18 heavy (non-hydrogen) atoms. The van der Waals surface area contributed by atoms with Gasteiger partial charge in [-0.05, 0) is 42.7 Å². The van der Waals surface area contributed by atoms with E-state index in [-0.39, 0.29) is 6.10 Å². The highest BCUT2D eigenvalue weighted by molar-refractivity contribution is 7.10. The van der Waals surface area contributed by atoms with Crippen molar-refractivity contribution in [3.05, 3.63) is 21.9 Å². The van der Waals surface area contributed by atoms with Crippen LogP contribution in [0.3, 0.4) is 0 Å². The van der Waals surface area contributed by atoms with Gasteiger partial charge in [-0.25, -0.2) is 0 Å².